The van der Waals surface area contributed by atoms with Gasteiger partial charge in [-0.25, -0.2) is 8.42 Å². The van der Waals surface area contributed by atoms with Crippen LogP contribution in [-0.4, -0.2) is 26.6 Å². The van der Waals surface area contributed by atoms with Crippen LogP contribution in [-0.2, 0) is 27.7 Å². The zero-order valence-corrected chi connectivity index (χ0v) is 20.5. The van der Waals surface area contributed by atoms with Gasteiger partial charge in [0.05, 0.1) is 18.0 Å². The fraction of sp³-hybridized carbons (Fsp3) is 0.296. The number of hydrogen-bond acceptors (Lipinski definition) is 4. The van der Waals surface area contributed by atoms with Crippen molar-refractivity contribution in [3.05, 3.63) is 89.5 Å². The molecule has 1 N–H and O–H groups in total. The molecule has 2 atom stereocenters. The molecule has 4 rings (SSSR count). The number of carbonyl (C=O) groups excluding carboxylic acids is 1. The molecule has 1 aliphatic carbocycles. The van der Waals surface area contributed by atoms with Gasteiger partial charge in [0.1, 0.15) is 17.5 Å². The highest BCUT2D eigenvalue weighted by Crippen LogP contribution is 2.28. The van der Waals surface area contributed by atoms with Gasteiger partial charge < -0.3 is 10.1 Å². The quantitative estimate of drug-likeness (QED) is 0.494. The Morgan fingerprint density at radius 1 is 0.912 bits per heavy atom. The first kappa shape index (κ1) is 23.8. The molecule has 0 spiro atoms. The van der Waals surface area contributed by atoms with Crippen molar-refractivity contribution < 1.29 is 17.9 Å². The second-order valence-corrected chi connectivity index (χ2v) is 10.6. The van der Waals surface area contributed by atoms with Crippen molar-refractivity contribution in [1.82, 2.24) is 5.32 Å². The summed E-state index contributed by atoms with van der Waals surface area (Å²) in [6.45, 7) is 3.52. The third-order valence-corrected chi connectivity index (χ3v) is 7.38. The monoisotopic (exact) mass is 478 g/mol. The Labute approximate surface area is 201 Å². The average molecular weight is 479 g/mol. The van der Waals surface area contributed by atoms with Crippen molar-refractivity contribution in [2.24, 2.45) is 0 Å². The normalized spacial score (nSPS) is 14.7. The van der Waals surface area contributed by atoms with E-state index in [1.54, 1.807) is 31.2 Å². The molecule has 3 aromatic carbocycles. The minimum Gasteiger partial charge on any atom is -0.457 e. The molecule has 0 saturated carbocycles. The van der Waals surface area contributed by atoms with E-state index in [0.29, 0.717) is 17.2 Å². The molecule has 0 saturated heterocycles. The number of nitrogens with zero attached hydrogens (tertiary/aromatic N) is 1. The van der Waals surface area contributed by atoms with Crippen LogP contribution in [0.4, 0.5) is 5.69 Å². The molecule has 7 heteroatoms. The zero-order valence-electron chi connectivity index (χ0n) is 19.7. The lowest BCUT2D eigenvalue weighted by Crippen LogP contribution is -2.48. The number of carbonyl (C=O) groups is 1. The Balaban J connectivity index is 1.49. The van der Waals surface area contributed by atoms with Crippen molar-refractivity contribution in [2.45, 2.75) is 45.2 Å². The first-order valence-electron chi connectivity index (χ1n) is 11.5. The smallest absolute Gasteiger partial charge is 0.244 e. The minimum absolute atomic E-state index is 0.232. The number of rotatable bonds is 8. The second kappa shape index (κ2) is 9.89. The largest absolute Gasteiger partial charge is 0.457 e. The molecule has 34 heavy (non-hydrogen) atoms. The first-order chi connectivity index (χ1) is 16.2. The van der Waals surface area contributed by atoms with Gasteiger partial charge in [0, 0.05) is 0 Å². The fourth-order valence-electron chi connectivity index (χ4n) is 4.37. The maximum absolute atomic E-state index is 13.1. The van der Waals surface area contributed by atoms with Gasteiger partial charge in [-0.15, -0.1) is 0 Å². The van der Waals surface area contributed by atoms with E-state index in [4.69, 9.17) is 4.74 Å². The number of aryl methyl sites for hydroxylation is 2. The van der Waals surface area contributed by atoms with Crippen LogP contribution in [0.1, 0.15) is 43.0 Å². The first-order valence-corrected chi connectivity index (χ1v) is 13.3. The fourth-order valence-corrected chi connectivity index (χ4v) is 5.55. The van der Waals surface area contributed by atoms with E-state index in [1.807, 2.05) is 43.3 Å². The summed E-state index contributed by atoms with van der Waals surface area (Å²) in [5, 5.41) is 2.98. The van der Waals surface area contributed by atoms with Gasteiger partial charge in [-0.3, -0.25) is 9.10 Å². The van der Waals surface area contributed by atoms with Crippen LogP contribution in [0, 0.1) is 0 Å². The molecule has 178 valence electrons. The Morgan fingerprint density at radius 3 is 2.24 bits per heavy atom. The van der Waals surface area contributed by atoms with Crippen LogP contribution in [0.3, 0.4) is 0 Å². The highest BCUT2D eigenvalue weighted by atomic mass is 32.2. The Bertz CT molecular complexity index is 1260. The number of para-hydroxylation sites is 1. The summed E-state index contributed by atoms with van der Waals surface area (Å²) in [6.07, 6.45) is 4.43. The van der Waals surface area contributed by atoms with Crippen LogP contribution in [0.2, 0.25) is 0 Å². The van der Waals surface area contributed by atoms with Crippen molar-refractivity contribution in [3.8, 4) is 11.5 Å². The molecule has 0 aliphatic heterocycles. The van der Waals surface area contributed by atoms with E-state index in [2.05, 4.69) is 17.4 Å². The van der Waals surface area contributed by atoms with E-state index < -0.39 is 16.1 Å². The van der Waals surface area contributed by atoms with Crippen molar-refractivity contribution in [2.75, 3.05) is 10.6 Å². The van der Waals surface area contributed by atoms with E-state index >= 15 is 0 Å². The van der Waals surface area contributed by atoms with Crippen molar-refractivity contribution in [1.29, 1.82) is 0 Å². The standard InChI is InChI=1S/C27H30N2O4S/c1-19(22-13-12-21-8-7-9-23(21)18-22)28-27(30)20(2)29(34(3,31)32)24-14-16-26(17-15-24)33-25-10-5-4-6-11-25/h4-6,10-20H,7-9H2,1-3H3,(H,28,30)/t19-,20+/m1/s1. The Morgan fingerprint density at radius 2 is 1.56 bits per heavy atom. The van der Waals surface area contributed by atoms with E-state index in [1.165, 1.54) is 11.1 Å². The summed E-state index contributed by atoms with van der Waals surface area (Å²) in [4.78, 5) is 13.1. The lowest BCUT2D eigenvalue weighted by Gasteiger charge is -2.29. The number of anilines is 1. The highest BCUT2D eigenvalue weighted by molar-refractivity contribution is 7.92. The number of ether oxygens (including phenoxy) is 1. The minimum atomic E-state index is -3.71. The zero-order chi connectivity index (χ0) is 24.3. The van der Waals surface area contributed by atoms with Crippen LogP contribution >= 0.6 is 0 Å². The molecule has 0 bridgehead atoms. The average Bonchev–Trinajstić information content (AvgIpc) is 3.28. The molecule has 0 fully saturated rings. The van der Waals surface area contributed by atoms with Crippen LogP contribution in [0.25, 0.3) is 0 Å². The van der Waals surface area contributed by atoms with E-state index in [0.717, 1.165) is 35.4 Å². The molecule has 0 aromatic heterocycles. The number of hydrogen-bond donors (Lipinski definition) is 1. The summed E-state index contributed by atoms with van der Waals surface area (Å²) in [7, 11) is -3.71. The summed E-state index contributed by atoms with van der Waals surface area (Å²) in [6, 6.07) is 21.2. The van der Waals surface area contributed by atoms with E-state index in [-0.39, 0.29) is 11.9 Å². The molecular formula is C27H30N2O4S. The summed E-state index contributed by atoms with van der Waals surface area (Å²) in [5.41, 5.74) is 4.13. The molecular weight excluding hydrogens is 448 g/mol. The summed E-state index contributed by atoms with van der Waals surface area (Å²) >= 11 is 0. The number of nitrogens with one attached hydrogen (secondary N) is 1. The molecule has 0 radical (unpaired) electrons. The van der Waals surface area contributed by atoms with Gasteiger partial charge in [0.15, 0.2) is 0 Å². The molecule has 1 amide bonds. The Kier molecular flexibility index (Phi) is 6.93. The topological polar surface area (TPSA) is 75.7 Å². The van der Waals surface area contributed by atoms with Crippen LogP contribution < -0.4 is 14.4 Å². The number of benzene rings is 3. The maximum Gasteiger partial charge on any atom is 0.244 e. The third-order valence-electron chi connectivity index (χ3n) is 6.14. The third kappa shape index (κ3) is 5.42. The SMILES string of the molecule is C[C@@H](NC(=O)[C@H](C)N(c1ccc(Oc2ccccc2)cc1)S(C)(=O)=O)c1ccc2c(c1)CCC2. The van der Waals surface area contributed by atoms with Gasteiger partial charge in [0.25, 0.3) is 0 Å². The van der Waals surface area contributed by atoms with Gasteiger partial charge in [-0.05, 0) is 86.2 Å². The number of amides is 1. The van der Waals surface area contributed by atoms with Crippen LogP contribution in [0.5, 0.6) is 11.5 Å². The second-order valence-electron chi connectivity index (χ2n) is 8.76. The van der Waals surface area contributed by atoms with Gasteiger partial charge in [0.2, 0.25) is 15.9 Å². The van der Waals surface area contributed by atoms with Gasteiger partial charge in [-0.1, -0.05) is 36.4 Å². The highest BCUT2D eigenvalue weighted by Gasteiger charge is 2.30. The lowest BCUT2D eigenvalue weighted by molar-refractivity contribution is -0.122. The molecule has 1 aliphatic rings. The Hall–Kier alpha value is -3.32. The van der Waals surface area contributed by atoms with Crippen molar-refractivity contribution in [3.63, 3.8) is 0 Å². The number of sulfonamides is 1. The molecule has 0 heterocycles. The summed E-state index contributed by atoms with van der Waals surface area (Å²) < 4.78 is 32.2. The van der Waals surface area contributed by atoms with E-state index in [9.17, 15) is 13.2 Å². The summed E-state index contributed by atoms with van der Waals surface area (Å²) in [5.74, 6) is 0.900. The molecule has 0 unspecified atom stereocenters. The predicted molar refractivity (Wildman–Crippen MR) is 135 cm³/mol. The van der Waals surface area contributed by atoms with Crippen molar-refractivity contribution >= 4 is 21.6 Å². The lowest BCUT2D eigenvalue weighted by atomic mass is 10.0. The molecule has 6 nitrogen and oxygen atoms in total. The maximum atomic E-state index is 13.1. The van der Waals surface area contributed by atoms with Crippen LogP contribution in [0.15, 0.2) is 72.8 Å². The van der Waals surface area contributed by atoms with Gasteiger partial charge >= 0.3 is 0 Å². The predicted octanol–water partition coefficient (Wildman–Crippen LogP) is 5.00. The van der Waals surface area contributed by atoms with Gasteiger partial charge in [-0.2, -0.15) is 0 Å². The number of fused-ring (bicyclic) bond motifs is 1. The molecule has 3 aromatic rings.